The van der Waals surface area contributed by atoms with Gasteiger partial charge >= 0.3 is 0 Å². The number of fused-ring (bicyclic) bond motifs is 1. The minimum atomic E-state index is -1.01. The summed E-state index contributed by atoms with van der Waals surface area (Å²) in [6.45, 7) is 0. The Balaban J connectivity index is 1.62. The summed E-state index contributed by atoms with van der Waals surface area (Å²) in [5.41, 5.74) is 1.74. The van der Waals surface area contributed by atoms with Crippen molar-refractivity contribution in [1.29, 1.82) is 0 Å². The second-order valence-corrected chi connectivity index (χ2v) is 8.69. The van der Waals surface area contributed by atoms with Crippen molar-refractivity contribution < 1.29 is 23.9 Å². The summed E-state index contributed by atoms with van der Waals surface area (Å²) in [5.74, 6) is -0.556. The maximum Gasteiger partial charge on any atom is 0.266 e. The lowest BCUT2D eigenvalue weighted by Crippen LogP contribution is -2.37. The number of anilines is 2. The van der Waals surface area contributed by atoms with Crippen LogP contribution in [0, 0.1) is 5.92 Å². The van der Waals surface area contributed by atoms with Crippen LogP contribution in [0.25, 0.3) is 0 Å². The molecule has 0 aromatic heterocycles. The molecule has 0 aliphatic carbocycles. The van der Waals surface area contributed by atoms with E-state index in [2.05, 4.69) is 0 Å². The molecule has 7 nitrogen and oxygen atoms in total. The van der Waals surface area contributed by atoms with E-state index in [0.717, 1.165) is 4.90 Å². The molecule has 2 heterocycles. The predicted molar refractivity (Wildman–Crippen MR) is 129 cm³/mol. The number of ether oxygens (including phenoxy) is 2. The molecule has 3 aromatic rings. The van der Waals surface area contributed by atoms with Crippen molar-refractivity contribution in [1.82, 2.24) is 0 Å². The number of benzene rings is 3. The van der Waals surface area contributed by atoms with Gasteiger partial charge < -0.3 is 9.47 Å². The average molecular weight is 499 g/mol. The number of imide groups is 1. The van der Waals surface area contributed by atoms with E-state index in [1.807, 2.05) is 36.4 Å². The van der Waals surface area contributed by atoms with Gasteiger partial charge in [-0.25, -0.2) is 9.96 Å². The van der Waals surface area contributed by atoms with Gasteiger partial charge in [0.2, 0.25) is 5.91 Å². The van der Waals surface area contributed by atoms with E-state index in [9.17, 15) is 9.59 Å². The van der Waals surface area contributed by atoms with Crippen molar-refractivity contribution in [2.24, 2.45) is 5.92 Å². The zero-order chi connectivity index (χ0) is 24.0. The molecule has 0 radical (unpaired) electrons. The monoisotopic (exact) mass is 498 g/mol. The molecule has 0 bridgehead atoms. The maximum atomic E-state index is 13.7. The summed E-state index contributed by atoms with van der Waals surface area (Å²) in [4.78, 5) is 34.4. The third-order valence-electron chi connectivity index (χ3n) is 6.05. The molecular weight excluding hydrogens is 479 g/mol. The van der Waals surface area contributed by atoms with Gasteiger partial charge in [0.05, 0.1) is 41.7 Å². The fraction of sp³-hybridized carbons (Fsp3) is 0.200. The first kappa shape index (κ1) is 22.5. The Labute approximate surface area is 206 Å². The van der Waals surface area contributed by atoms with Crippen molar-refractivity contribution in [3.05, 3.63) is 82.3 Å². The van der Waals surface area contributed by atoms with Crippen LogP contribution in [-0.2, 0) is 14.4 Å². The van der Waals surface area contributed by atoms with E-state index >= 15 is 0 Å². The molecule has 0 saturated carbocycles. The minimum Gasteiger partial charge on any atom is -0.497 e. The van der Waals surface area contributed by atoms with Crippen molar-refractivity contribution >= 4 is 46.4 Å². The van der Waals surface area contributed by atoms with E-state index < -0.39 is 29.9 Å². The number of halogens is 2. The van der Waals surface area contributed by atoms with Crippen LogP contribution in [0.3, 0.4) is 0 Å². The largest absolute Gasteiger partial charge is 0.497 e. The van der Waals surface area contributed by atoms with Gasteiger partial charge in [0.15, 0.2) is 6.10 Å². The van der Waals surface area contributed by atoms with Crippen molar-refractivity contribution in [3.63, 3.8) is 0 Å². The third-order valence-corrected chi connectivity index (χ3v) is 6.79. The molecule has 2 aliphatic heterocycles. The Bertz CT molecular complexity index is 1270. The van der Waals surface area contributed by atoms with Gasteiger partial charge in [-0.15, -0.1) is 0 Å². The van der Waals surface area contributed by atoms with Gasteiger partial charge in [-0.3, -0.25) is 14.4 Å². The third kappa shape index (κ3) is 3.57. The zero-order valence-corrected chi connectivity index (χ0v) is 19.8. The number of amides is 2. The number of hydrogen-bond acceptors (Lipinski definition) is 6. The van der Waals surface area contributed by atoms with Crippen molar-refractivity contribution in [2.45, 2.75) is 12.1 Å². The highest BCUT2D eigenvalue weighted by Gasteiger charge is 2.60. The molecule has 0 spiro atoms. The molecule has 2 amide bonds. The van der Waals surface area contributed by atoms with E-state index in [4.69, 9.17) is 37.5 Å². The smallest absolute Gasteiger partial charge is 0.266 e. The molecule has 0 N–H and O–H groups in total. The van der Waals surface area contributed by atoms with Gasteiger partial charge in [-0.05, 0) is 42.5 Å². The van der Waals surface area contributed by atoms with Crippen LogP contribution >= 0.6 is 23.2 Å². The summed E-state index contributed by atoms with van der Waals surface area (Å²) in [6.07, 6.45) is -1.01. The van der Waals surface area contributed by atoms with Crippen LogP contribution in [0.15, 0.2) is 66.7 Å². The molecule has 2 fully saturated rings. The molecule has 3 atom stereocenters. The lowest BCUT2D eigenvalue weighted by molar-refractivity contribution is -0.126. The summed E-state index contributed by atoms with van der Waals surface area (Å²) in [7, 11) is 3.11. The number of hydrogen-bond donors (Lipinski definition) is 0. The van der Waals surface area contributed by atoms with E-state index in [0.29, 0.717) is 33.5 Å². The lowest BCUT2D eigenvalue weighted by atomic mass is 9.90. The van der Waals surface area contributed by atoms with Gasteiger partial charge in [-0.2, -0.15) is 0 Å². The fourth-order valence-electron chi connectivity index (χ4n) is 4.47. The molecule has 34 heavy (non-hydrogen) atoms. The fourth-order valence-corrected chi connectivity index (χ4v) is 4.76. The first-order valence-electron chi connectivity index (χ1n) is 10.5. The quantitative estimate of drug-likeness (QED) is 0.458. The molecule has 3 aromatic carbocycles. The summed E-state index contributed by atoms with van der Waals surface area (Å²) < 4.78 is 11.0. The number of rotatable bonds is 5. The molecule has 5 rings (SSSR count). The predicted octanol–water partition coefficient (Wildman–Crippen LogP) is 5.06. The summed E-state index contributed by atoms with van der Waals surface area (Å²) in [5, 5.41) is 2.19. The van der Waals surface area contributed by atoms with Crippen molar-refractivity contribution in [2.75, 3.05) is 24.2 Å². The van der Waals surface area contributed by atoms with Gasteiger partial charge in [0.1, 0.15) is 17.4 Å². The highest BCUT2D eigenvalue weighted by Crippen LogP contribution is 2.50. The van der Waals surface area contributed by atoms with E-state index in [1.165, 1.54) is 6.07 Å². The van der Waals surface area contributed by atoms with Crippen LogP contribution in [0.5, 0.6) is 11.5 Å². The van der Waals surface area contributed by atoms with Crippen LogP contribution in [0.2, 0.25) is 10.0 Å². The van der Waals surface area contributed by atoms with Gasteiger partial charge in [0, 0.05) is 11.6 Å². The minimum absolute atomic E-state index is 0.247. The Morgan fingerprint density at radius 3 is 2.26 bits per heavy atom. The molecule has 2 saturated heterocycles. The topological polar surface area (TPSA) is 68.3 Å². The second kappa shape index (κ2) is 8.83. The van der Waals surface area contributed by atoms with E-state index in [-0.39, 0.29) is 5.02 Å². The Kier molecular flexibility index (Phi) is 5.85. The maximum absolute atomic E-state index is 13.7. The summed E-state index contributed by atoms with van der Waals surface area (Å²) >= 11 is 12.2. The van der Waals surface area contributed by atoms with Crippen LogP contribution in [0.4, 0.5) is 11.4 Å². The number of carbonyl (C=O) groups excluding carboxylic acids is 2. The highest BCUT2D eigenvalue weighted by molar-refractivity contribution is 6.42. The Morgan fingerprint density at radius 1 is 0.824 bits per heavy atom. The molecule has 9 heteroatoms. The van der Waals surface area contributed by atoms with E-state index in [1.54, 1.807) is 43.5 Å². The highest BCUT2D eigenvalue weighted by atomic mass is 35.5. The molecule has 2 aliphatic rings. The van der Waals surface area contributed by atoms with Crippen LogP contribution in [-0.4, -0.2) is 32.1 Å². The van der Waals surface area contributed by atoms with Crippen LogP contribution in [0.1, 0.15) is 11.6 Å². The number of methoxy groups -OCH3 is 2. The standard InChI is InChI=1S/C25H20Cl2N2O5/c1-32-16-9-10-17(20(13-16)33-2)22-21-23(34-29(22)14-6-4-3-5-7-14)25(31)28(24(21)30)15-8-11-18(26)19(27)12-15/h3-13,21-23H,1-2H3/t21-,22+,23-/m0/s1. The first-order chi connectivity index (χ1) is 16.4. The number of para-hydroxylation sites is 1. The molecule has 174 valence electrons. The second-order valence-electron chi connectivity index (χ2n) is 7.88. The van der Waals surface area contributed by atoms with Gasteiger partial charge in [0.25, 0.3) is 5.91 Å². The average Bonchev–Trinajstić information content (AvgIpc) is 3.36. The number of nitrogens with zero attached hydrogens (tertiary/aromatic N) is 2. The zero-order valence-electron chi connectivity index (χ0n) is 18.3. The van der Waals surface area contributed by atoms with Crippen molar-refractivity contribution in [3.8, 4) is 11.5 Å². The number of carbonyl (C=O) groups is 2. The van der Waals surface area contributed by atoms with Gasteiger partial charge in [-0.1, -0.05) is 41.4 Å². The SMILES string of the molecule is COc1ccc([C@@H]2[C@@H]3C(=O)N(c4ccc(Cl)c(Cl)c4)C(=O)[C@H]3ON2c2ccccc2)c(OC)c1. The Hall–Kier alpha value is -3.26. The Morgan fingerprint density at radius 2 is 1.59 bits per heavy atom. The normalized spacial score (nSPS) is 21.7. The lowest BCUT2D eigenvalue weighted by Gasteiger charge is -2.29. The first-order valence-corrected chi connectivity index (χ1v) is 11.3. The molecular formula is C25H20Cl2N2O5. The summed E-state index contributed by atoms with van der Waals surface area (Å²) in [6, 6.07) is 18.7. The molecule has 0 unspecified atom stereocenters. The van der Waals surface area contributed by atoms with Crippen LogP contribution < -0.4 is 19.4 Å². The number of hydroxylamine groups is 1.